The molecule has 4 rings (SSSR count). The Bertz CT molecular complexity index is 1640. The molecule has 4 heterocycles. The lowest BCUT2D eigenvalue weighted by Crippen LogP contribution is -2.19. The number of aliphatic carboxylic acids is 2. The first-order valence-corrected chi connectivity index (χ1v) is 15.2. The van der Waals surface area contributed by atoms with Crippen molar-refractivity contribution in [1.82, 2.24) is 20.6 Å². The van der Waals surface area contributed by atoms with Gasteiger partial charge in [-0.05, 0) is 73.6 Å². The van der Waals surface area contributed by atoms with E-state index in [2.05, 4.69) is 39.8 Å². The van der Waals surface area contributed by atoms with Gasteiger partial charge in [-0.25, -0.2) is 0 Å². The molecule has 0 radical (unpaired) electrons. The zero-order valence-corrected chi connectivity index (χ0v) is 26.6. The number of hydrogen-bond acceptors (Lipinski definition) is 5. The molecule has 0 aromatic carbocycles. The normalized spacial score (nSPS) is 20.9. The van der Waals surface area contributed by atoms with Crippen molar-refractivity contribution in [3.8, 4) is 0 Å². The van der Waals surface area contributed by atoms with Crippen molar-refractivity contribution >= 4 is 48.5 Å². The largest absolute Gasteiger partial charge is 0.481 e. The van der Waals surface area contributed by atoms with Gasteiger partial charge in [-0.1, -0.05) is 26.5 Å². The minimum absolute atomic E-state index is 0.0598. The number of nitrogens with one attached hydrogen (secondary N) is 4. The second-order valence-electron chi connectivity index (χ2n) is 11.6. The summed E-state index contributed by atoms with van der Waals surface area (Å²) in [6, 6.07) is 0. The Morgan fingerprint density at radius 1 is 0.932 bits per heavy atom. The molecular weight excluding hydrogens is 580 g/mol. The summed E-state index contributed by atoms with van der Waals surface area (Å²) in [5, 5.41) is 24.7. The first-order valence-electron chi connectivity index (χ1n) is 14.6. The Labute approximate surface area is 262 Å². The van der Waals surface area contributed by atoms with Crippen molar-refractivity contribution in [1.29, 1.82) is 0 Å². The van der Waals surface area contributed by atoms with Crippen LogP contribution in [-0.2, 0) is 38.4 Å². The average molecular weight is 621 g/mol. The van der Waals surface area contributed by atoms with Gasteiger partial charge < -0.3 is 30.8 Å². The molecular formula is C33H40N4O6S. The highest BCUT2D eigenvalue weighted by molar-refractivity contribution is 7.80. The Morgan fingerprint density at radius 2 is 1.45 bits per heavy atom. The van der Waals surface area contributed by atoms with Gasteiger partial charge >= 0.3 is 11.9 Å². The first kappa shape index (κ1) is 32.7. The number of aromatic nitrogens is 2. The number of hydrogen-bond donors (Lipinski definition) is 7. The Morgan fingerprint density at radius 3 is 1.91 bits per heavy atom. The van der Waals surface area contributed by atoms with E-state index in [4.69, 9.17) is 0 Å². The third kappa shape index (κ3) is 6.62. The van der Waals surface area contributed by atoms with E-state index < -0.39 is 11.9 Å². The predicted molar refractivity (Wildman–Crippen MR) is 172 cm³/mol. The van der Waals surface area contributed by atoms with Crippen LogP contribution in [0.5, 0.6) is 0 Å². The van der Waals surface area contributed by atoms with Crippen LogP contribution in [0.15, 0.2) is 35.2 Å². The average Bonchev–Trinajstić information content (AvgIpc) is 3.59. The van der Waals surface area contributed by atoms with Gasteiger partial charge in [0.25, 0.3) is 5.91 Å². The number of rotatable bonds is 12. The van der Waals surface area contributed by atoms with E-state index in [-0.39, 0.29) is 41.7 Å². The quantitative estimate of drug-likeness (QED) is 0.172. The van der Waals surface area contributed by atoms with Crippen LogP contribution in [0.3, 0.4) is 0 Å². The van der Waals surface area contributed by atoms with E-state index in [0.717, 1.165) is 56.3 Å². The summed E-state index contributed by atoms with van der Waals surface area (Å²) in [4.78, 5) is 54.9. The number of carboxylic acid groups (broad SMARTS) is 2. The van der Waals surface area contributed by atoms with Gasteiger partial charge in [0.2, 0.25) is 5.91 Å². The van der Waals surface area contributed by atoms with E-state index in [0.29, 0.717) is 30.5 Å². The Kier molecular flexibility index (Phi) is 9.78. The fourth-order valence-corrected chi connectivity index (χ4v) is 6.64. The maximum atomic E-state index is 12.5. The third-order valence-electron chi connectivity index (χ3n) is 8.74. The molecule has 2 aliphatic heterocycles. The zero-order valence-electron chi connectivity index (χ0n) is 25.7. The molecule has 0 saturated carbocycles. The number of allylic oxidation sites excluding steroid dienone is 2. The van der Waals surface area contributed by atoms with Gasteiger partial charge in [0.1, 0.15) is 0 Å². The molecule has 2 amide bonds. The second kappa shape index (κ2) is 13.2. The van der Waals surface area contributed by atoms with Gasteiger partial charge in [-0.2, -0.15) is 12.6 Å². The van der Waals surface area contributed by atoms with E-state index in [1.807, 2.05) is 46.8 Å². The van der Waals surface area contributed by atoms with Crippen LogP contribution in [0.2, 0.25) is 0 Å². The summed E-state index contributed by atoms with van der Waals surface area (Å²) in [5.41, 5.74) is 9.25. The molecule has 0 bridgehead atoms. The van der Waals surface area contributed by atoms with Gasteiger partial charge in [0.05, 0.1) is 0 Å². The maximum absolute atomic E-state index is 12.5. The van der Waals surface area contributed by atoms with Crippen LogP contribution in [0.1, 0.15) is 78.6 Å². The first-order chi connectivity index (χ1) is 20.7. The van der Waals surface area contributed by atoms with Crippen molar-refractivity contribution in [2.24, 2.45) is 11.8 Å². The molecule has 2 aromatic rings. The SMILES string of the molecule is C=CC1=C(C)/C(=C/c2[nH]c(Cc3[nH]c(/C=C4\NC(=O)[C@H](C)[C@H]4[C@@H](C)S)c(C)c3CCC(=O)O)c(CCC(=O)O)c2C)NC1=O. The van der Waals surface area contributed by atoms with Crippen LogP contribution in [0.4, 0.5) is 0 Å². The highest BCUT2D eigenvalue weighted by Crippen LogP contribution is 2.35. The Hall–Kier alpha value is -4.25. The van der Waals surface area contributed by atoms with Crippen LogP contribution < -0.4 is 10.6 Å². The van der Waals surface area contributed by atoms with E-state index in [1.165, 1.54) is 6.08 Å². The maximum Gasteiger partial charge on any atom is 0.303 e. The molecule has 1 fully saturated rings. The molecule has 3 atom stereocenters. The number of carbonyl (C=O) groups is 4. The summed E-state index contributed by atoms with van der Waals surface area (Å²) in [7, 11) is 0. The number of thiol groups is 1. The minimum Gasteiger partial charge on any atom is -0.481 e. The molecule has 0 unspecified atom stereocenters. The summed E-state index contributed by atoms with van der Waals surface area (Å²) >= 11 is 4.62. The molecule has 0 spiro atoms. The summed E-state index contributed by atoms with van der Waals surface area (Å²) < 4.78 is 0. The number of aromatic amines is 2. The molecule has 2 aliphatic rings. The van der Waals surface area contributed by atoms with Crippen molar-refractivity contribution in [2.75, 3.05) is 0 Å². The van der Waals surface area contributed by atoms with Crippen LogP contribution >= 0.6 is 12.6 Å². The molecule has 11 heteroatoms. The van der Waals surface area contributed by atoms with Crippen LogP contribution in [-0.4, -0.2) is 49.2 Å². The smallest absolute Gasteiger partial charge is 0.303 e. The predicted octanol–water partition coefficient (Wildman–Crippen LogP) is 4.60. The molecule has 6 N–H and O–H groups in total. The molecule has 2 aromatic heterocycles. The van der Waals surface area contributed by atoms with Gasteiger partial charge in [-0.15, -0.1) is 0 Å². The van der Waals surface area contributed by atoms with Crippen molar-refractivity contribution in [3.05, 3.63) is 80.2 Å². The van der Waals surface area contributed by atoms with Crippen LogP contribution in [0.25, 0.3) is 12.2 Å². The topological polar surface area (TPSA) is 164 Å². The minimum atomic E-state index is -0.915. The fourth-order valence-electron chi connectivity index (χ4n) is 6.22. The molecule has 0 aliphatic carbocycles. The highest BCUT2D eigenvalue weighted by Gasteiger charge is 2.37. The van der Waals surface area contributed by atoms with Crippen LogP contribution in [0, 0.1) is 25.7 Å². The number of H-pyrrole nitrogens is 2. The second-order valence-corrected chi connectivity index (χ2v) is 12.4. The zero-order chi connectivity index (χ0) is 32.5. The van der Waals surface area contributed by atoms with E-state index in [9.17, 15) is 29.4 Å². The van der Waals surface area contributed by atoms with E-state index in [1.54, 1.807) is 0 Å². The number of carbonyl (C=O) groups excluding carboxylic acids is 2. The lowest BCUT2D eigenvalue weighted by molar-refractivity contribution is -0.138. The van der Waals surface area contributed by atoms with E-state index >= 15 is 0 Å². The lowest BCUT2D eigenvalue weighted by Gasteiger charge is -2.17. The molecule has 44 heavy (non-hydrogen) atoms. The van der Waals surface area contributed by atoms with Gasteiger partial charge in [0.15, 0.2) is 0 Å². The third-order valence-corrected chi connectivity index (χ3v) is 9.06. The van der Waals surface area contributed by atoms with Crippen molar-refractivity contribution in [2.45, 2.75) is 72.0 Å². The molecule has 1 saturated heterocycles. The summed E-state index contributed by atoms with van der Waals surface area (Å²) in [6.07, 6.45) is 6.12. The summed E-state index contributed by atoms with van der Waals surface area (Å²) in [6.45, 7) is 13.2. The fraction of sp³-hybridized carbons (Fsp3) is 0.394. The van der Waals surface area contributed by atoms with Crippen molar-refractivity contribution < 1.29 is 29.4 Å². The lowest BCUT2D eigenvalue weighted by atomic mass is 9.91. The number of amides is 2. The standard InChI is InChI=1S/C33H40N4O6S/c1-7-20-15(2)25(36-33(20)43)12-23-16(3)21(8-10-29(38)39)26(34-23)14-27-22(9-11-30(40)41)17(4)24(35-27)13-28-31(19(6)44)18(5)32(42)37-28/h7,12-13,18-19,31,34-35,44H,1,8-11,14H2,2-6H3,(H,36,43)(H,37,42)(H,38,39)(H,40,41)/b25-12-,28-13-/t18-,19-,31+/m1/s1. The highest BCUT2D eigenvalue weighted by atomic mass is 32.1. The summed E-state index contributed by atoms with van der Waals surface area (Å²) in [5.74, 6) is -2.45. The van der Waals surface area contributed by atoms with Gasteiger partial charge in [-0.3, -0.25) is 19.2 Å². The Balaban J connectivity index is 1.80. The molecule has 10 nitrogen and oxygen atoms in total. The monoisotopic (exact) mass is 620 g/mol. The molecule has 234 valence electrons. The number of carboxylic acids is 2. The van der Waals surface area contributed by atoms with Crippen molar-refractivity contribution in [3.63, 3.8) is 0 Å². The van der Waals surface area contributed by atoms with Gasteiger partial charge in [0, 0.05) is 76.1 Å².